The first-order chi connectivity index (χ1) is 31.9. The van der Waals surface area contributed by atoms with Gasteiger partial charge in [0, 0.05) is 63.9 Å². The number of aromatic nitrogens is 1. The molecule has 2 atom stereocenters. The van der Waals surface area contributed by atoms with E-state index in [2.05, 4.69) is 31.9 Å². The number of nitrogens with zero attached hydrogens (tertiary/aromatic N) is 1. The predicted molar refractivity (Wildman–Crippen MR) is 245 cm³/mol. The van der Waals surface area contributed by atoms with Gasteiger partial charge in [-0.2, -0.15) is 0 Å². The van der Waals surface area contributed by atoms with Crippen LogP contribution in [0.1, 0.15) is 105 Å². The normalized spacial score (nSPS) is 15.3. The smallest absolute Gasteiger partial charge is 0.407 e. The monoisotopic (exact) mass is 970 g/mol. The quantitative estimate of drug-likeness (QED) is 0.0325. The van der Waals surface area contributed by atoms with Crippen molar-refractivity contribution in [2.45, 2.75) is 117 Å². The zero-order chi connectivity index (χ0) is 50.5. The van der Waals surface area contributed by atoms with Crippen LogP contribution in [0.3, 0.4) is 0 Å². The lowest BCUT2D eigenvalue weighted by Gasteiger charge is -2.34. The first kappa shape index (κ1) is 57.0. The van der Waals surface area contributed by atoms with Crippen LogP contribution in [0.15, 0.2) is 12.2 Å². The maximum absolute atomic E-state index is 13.1. The summed E-state index contributed by atoms with van der Waals surface area (Å²) in [5, 5.41) is 37.3. The van der Waals surface area contributed by atoms with Crippen LogP contribution in [-0.2, 0) is 58.8 Å². The zero-order valence-electron chi connectivity index (χ0n) is 41.1. The second kappa shape index (κ2) is 27.0. The lowest BCUT2D eigenvalue weighted by molar-refractivity contribution is -0.122. The van der Waals surface area contributed by atoms with E-state index in [1.165, 1.54) is 4.57 Å². The topological polar surface area (TPSA) is 294 Å². The van der Waals surface area contributed by atoms with E-state index in [9.17, 15) is 39.0 Å². The van der Waals surface area contributed by atoms with Crippen LogP contribution in [0.5, 0.6) is 11.8 Å². The zero-order valence-corrected chi connectivity index (χ0v) is 41.1. The Hall–Kier alpha value is -5.36. The highest BCUT2D eigenvalue weighted by Gasteiger charge is 2.42. The number of hydrogen-bond acceptors (Lipinski definition) is 16. The SMILES string of the molecule is CC(C)(C)OC(=O)NCCC(=O)NCC(CNC(=O)CCNC(=O)OC(C)(C)C)(CNC(=O)CCNC(=O)OC(C)(C)C)COCCOCCOCCOCCn1c(O)c2c(c1O)C1C=CC2O1. The third kappa shape index (κ3) is 21.7. The summed E-state index contributed by atoms with van der Waals surface area (Å²) in [6.45, 7) is 16.7. The van der Waals surface area contributed by atoms with E-state index < -0.39 is 58.2 Å². The van der Waals surface area contributed by atoms with Crippen LogP contribution in [0, 0.1) is 5.41 Å². The number of fused-ring (bicyclic) bond motifs is 5. The van der Waals surface area contributed by atoms with Gasteiger partial charge < -0.3 is 80.0 Å². The van der Waals surface area contributed by atoms with Gasteiger partial charge in [0.2, 0.25) is 29.5 Å². The summed E-state index contributed by atoms with van der Waals surface area (Å²) in [4.78, 5) is 75.5. The van der Waals surface area contributed by atoms with E-state index in [0.717, 1.165) is 0 Å². The number of aromatic hydroxyl groups is 2. The Balaban J connectivity index is 1.52. The van der Waals surface area contributed by atoms with E-state index >= 15 is 0 Å². The molecule has 0 aromatic carbocycles. The number of carbonyl (C=O) groups is 6. The summed E-state index contributed by atoms with van der Waals surface area (Å²) in [5.74, 6) is -1.39. The van der Waals surface area contributed by atoms with Gasteiger partial charge in [0.15, 0.2) is 0 Å². The molecule has 6 amide bonds. The van der Waals surface area contributed by atoms with Gasteiger partial charge in [-0.15, -0.1) is 0 Å². The summed E-state index contributed by atoms with van der Waals surface area (Å²) in [6.07, 6.45) is 0.617. The Morgan fingerprint density at radius 3 is 1.18 bits per heavy atom. The van der Waals surface area contributed by atoms with Gasteiger partial charge in [-0.3, -0.25) is 19.0 Å². The minimum absolute atomic E-state index is 0.0248. The number of carbonyl (C=O) groups excluding carboxylic acids is 6. The Bertz CT molecular complexity index is 1690. The van der Waals surface area contributed by atoms with Crippen LogP contribution < -0.4 is 31.9 Å². The molecule has 386 valence electrons. The van der Waals surface area contributed by atoms with Gasteiger partial charge >= 0.3 is 18.3 Å². The van der Waals surface area contributed by atoms with E-state index in [-0.39, 0.29) is 142 Å². The minimum Gasteiger partial charge on any atom is -0.494 e. The number of nitrogens with one attached hydrogen (secondary N) is 6. The summed E-state index contributed by atoms with van der Waals surface area (Å²) in [5.41, 5.74) is -2.14. The van der Waals surface area contributed by atoms with E-state index in [1.807, 2.05) is 12.2 Å². The molecule has 23 heteroatoms. The molecule has 0 saturated carbocycles. The Labute approximate surface area is 398 Å². The summed E-state index contributed by atoms with van der Waals surface area (Å²) in [7, 11) is 0. The molecular formula is C45H75N7O16. The average Bonchev–Trinajstić information content (AvgIpc) is 3.91. The molecule has 3 rings (SSSR count). The summed E-state index contributed by atoms with van der Waals surface area (Å²) in [6, 6.07) is 0. The van der Waals surface area contributed by atoms with Gasteiger partial charge in [-0.1, -0.05) is 12.2 Å². The maximum Gasteiger partial charge on any atom is 0.407 e. The molecule has 2 aliphatic rings. The van der Waals surface area contributed by atoms with Gasteiger partial charge in [0.1, 0.15) is 29.0 Å². The molecule has 0 spiro atoms. The van der Waals surface area contributed by atoms with Gasteiger partial charge in [-0.05, 0) is 62.3 Å². The lowest BCUT2D eigenvalue weighted by atomic mass is 9.88. The van der Waals surface area contributed by atoms with Crippen molar-refractivity contribution in [3.05, 3.63) is 23.3 Å². The molecule has 2 aliphatic heterocycles. The van der Waals surface area contributed by atoms with E-state index in [1.54, 1.807) is 62.3 Å². The fourth-order valence-electron chi connectivity index (χ4n) is 6.53. The van der Waals surface area contributed by atoms with Crippen molar-refractivity contribution in [2.24, 2.45) is 5.41 Å². The third-order valence-corrected chi connectivity index (χ3v) is 9.63. The van der Waals surface area contributed by atoms with Crippen molar-refractivity contribution in [1.82, 2.24) is 36.5 Å². The predicted octanol–water partition coefficient (Wildman–Crippen LogP) is 2.73. The second-order valence-corrected chi connectivity index (χ2v) is 19.2. The number of hydrogen-bond donors (Lipinski definition) is 8. The molecule has 2 unspecified atom stereocenters. The number of alkyl carbamates (subject to hydrolysis) is 3. The van der Waals surface area contributed by atoms with E-state index in [4.69, 9.17) is 37.9 Å². The standard InChI is InChI=1S/C45H75N7O16/c1-42(2,3)66-39(58)46-15-12-32(53)49-26-45(27-50-33(54)13-16-47-40(59)67-43(4,5)6,28-51-34(55)14-17-48-41(60)68-44(7,8)9)29-64-25-24-63-23-22-62-21-20-61-19-18-52-37(56)35-30-10-11-31(65-30)36(35)38(52)57/h10-11,30-31,56-57H,12-29H2,1-9H3,(H,46,58)(H,47,59)(H,48,60)(H,49,53)(H,50,54)(H,51,55). The molecule has 1 aromatic rings. The summed E-state index contributed by atoms with van der Waals surface area (Å²) < 4.78 is 45.7. The molecule has 8 N–H and O–H groups in total. The molecule has 2 bridgehead atoms. The fraction of sp³-hybridized carbons (Fsp3) is 0.733. The molecule has 3 heterocycles. The molecule has 0 aliphatic carbocycles. The van der Waals surface area contributed by atoms with Crippen molar-refractivity contribution in [2.75, 3.05) is 92.1 Å². The van der Waals surface area contributed by atoms with Crippen LogP contribution in [0.4, 0.5) is 14.4 Å². The Morgan fingerprint density at radius 2 is 0.838 bits per heavy atom. The number of amides is 6. The van der Waals surface area contributed by atoms with Crippen LogP contribution in [-0.4, -0.2) is 160 Å². The van der Waals surface area contributed by atoms with Gasteiger partial charge in [0.25, 0.3) is 0 Å². The maximum atomic E-state index is 13.1. The molecule has 68 heavy (non-hydrogen) atoms. The van der Waals surface area contributed by atoms with Gasteiger partial charge in [0.05, 0.1) is 70.5 Å². The van der Waals surface area contributed by atoms with Crippen LogP contribution in [0.25, 0.3) is 0 Å². The Kier molecular flexibility index (Phi) is 22.6. The molecule has 0 saturated heterocycles. The molecule has 0 fully saturated rings. The first-order valence-electron chi connectivity index (χ1n) is 22.9. The highest BCUT2D eigenvalue weighted by atomic mass is 16.6. The Morgan fingerprint density at radius 1 is 0.515 bits per heavy atom. The highest BCUT2D eigenvalue weighted by Crippen LogP contribution is 2.54. The van der Waals surface area contributed by atoms with Crippen LogP contribution in [0.2, 0.25) is 0 Å². The van der Waals surface area contributed by atoms with Crippen molar-refractivity contribution in [1.29, 1.82) is 0 Å². The average molecular weight is 970 g/mol. The first-order valence-corrected chi connectivity index (χ1v) is 22.9. The molecule has 0 radical (unpaired) electrons. The molecule has 1 aromatic heterocycles. The number of ether oxygens (including phenoxy) is 8. The van der Waals surface area contributed by atoms with Crippen molar-refractivity contribution >= 4 is 36.0 Å². The summed E-state index contributed by atoms with van der Waals surface area (Å²) >= 11 is 0. The third-order valence-electron chi connectivity index (χ3n) is 9.63. The van der Waals surface area contributed by atoms with Gasteiger partial charge in [-0.25, -0.2) is 14.4 Å². The van der Waals surface area contributed by atoms with Crippen molar-refractivity contribution in [3.63, 3.8) is 0 Å². The van der Waals surface area contributed by atoms with Crippen LogP contribution >= 0.6 is 0 Å². The largest absolute Gasteiger partial charge is 0.494 e. The van der Waals surface area contributed by atoms with E-state index in [0.29, 0.717) is 11.1 Å². The molecular weight excluding hydrogens is 895 g/mol. The second-order valence-electron chi connectivity index (χ2n) is 19.2. The number of rotatable bonds is 29. The lowest BCUT2D eigenvalue weighted by Crippen LogP contribution is -2.54. The van der Waals surface area contributed by atoms with Crippen molar-refractivity contribution in [3.8, 4) is 11.8 Å². The minimum atomic E-state index is -1.13. The van der Waals surface area contributed by atoms with Crippen molar-refractivity contribution < 1.29 is 76.9 Å². The highest BCUT2D eigenvalue weighted by molar-refractivity contribution is 5.79. The molecule has 23 nitrogen and oxygen atoms in total. The fourth-order valence-corrected chi connectivity index (χ4v) is 6.53.